The van der Waals surface area contributed by atoms with Crippen LogP contribution in [0, 0.1) is 13.8 Å². The first-order valence-electron chi connectivity index (χ1n) is 5.88. The normalized spacial score (nSPS) is 10.4. The van der Waals surface area contributed by atoms with E-state index in [0.29, 0.717) is 6.54 Å². The van der Waals surface area contributed by atoms with E-state index in [-0.39, 0.29) is 0 Å². The summed E-state index contributed by atoms with van der Waals surface area (Å²) in [7, 11) is 4.08. The van der Waals surface area contributed by atoms with Crippen LogP contribution >= 0.6 is 0 Å². The summed E-state index contributed by atoms with van der Waals surface area (Å²) in [6.07, 6.45) is 0. The molecule has 0 aliphatic carbocycles. The Balaban J connectivity index is 2.10. The summed E-state index contributed by atoms with van der Waals surface area (Å²) in [4.78, 5) is 2.10. The Kier molecular flexibility index (Phi) is 3.50. The van der Waals surface area contributed by atoms with Gasteiger partial charge >= 0.3 is 0 Å². The van der Waals surface area contributed by atoms with Crippen LogP contribution in [0.3, 0.4) is 0 Å². The molecule has 0 saturated heterocycles. The third kappa shape index (κ3) is 2.61. The quantitative estimate of drug-likeness (QED) is 0.897. The maximum absolute atomic E-state index is 4.67. The average Bonchev–Trinajstić information content (AvgIpc) is 2.73. The molecule has 0 fully saturated rings. The molecule has 0 aliphatic heterocycles. The second-order valence-electron chi connectivity index (χ2n) is 4.55. The molecule has 0 radical (unpaired) electrons. The van der Waals surface area contributed by atoms with E-state index < -0.39 is 0 Å². The molecule has 0 spiro atoms. The summed E-state index contributed by atoms with van der Waals surface area (Å²) in [5, 5.41) is 10.9. The highest BCUT2D eigenvalue weighted by Gasteiger charge is 2.06. The van der Waals surface area contributed by atoms with Crippen LogP contribution in [0.5, 0.6) is 0 Å². The number of nitrogens with zero attached hydrogens (tertiary/aromatic N) is 3. The number of hydrogen-bond donors (Lipinski definition) is 1. The van der Waals surface area contributed by atoms with Crippen LogP contribution in [0.25, 0.3) is 0 Å². The number of rotatable bonds is 4. The van der Waals surface area contributed by atoms with Gasteiger partial charge in [0.15, 0.2) is 0 Å². The Labute approximate surface area is 107 Å². The minimum atomic E-state index is 0.616. The van der Waals surface area contributed by atoms with Crippen LogP contribution in [0.15, 0.2) is 22.8 Å². The number of aryl methyl sites for hydroxylation is 2. The van der Waals surface area contributed by atoms with Gasteiger partial charge in [-0.25, -0.2) is 4.63 Å². The van der Waals surface area contributed by atoms with E-state index in [9.17, 15) is 0 Å². The first kappa shape index (κ1) is 12.4. The maximum atomic E-state index is 4.67. The molecular formula is C13H18N4O. The summed E-state index contributed by atoms with van der Waals surface area (Å²) in [6, 6.07) is 6.29. The predicted molar refractivity (Wildman–Crippen MR) is 71.9 cm³/mol. The molecule has 0 amide bonds. The first-order chi connectivity index (χ1) is 8.58. The number of nitrogens with one attached hydrogen (secondary N) is 1. The minimum absolute atomic E-state index is 0.616. The molecule has 0 saturated carbocycles. The topological polar surface area (TPSA) is 54.2 Å². The zero-order valence-electron chi connectivity index (χ0n) is 11.2. The van der Waals surface area contributed by atoms with Crippen molar-refractivity contribution in [3.63, 3.8) is 0 Å². The molecule has 0 bridgehead atoms. The van der Waals surface area contributed by atoms with Crippen LogP contribution in [-0.2, 0) is 6.54 Å². The number of aromatic nitrogens is 2. The molecule has 5 heteroatoms. The lowest BCUT2D eigenvalue weighted by molar-refractivity contribution is 0.301. The molecule has 2 aromatic rings. The SMILES string of the molecule is Cc1ccc(NCc2nonc2C)cc1N(C)C. The summed E-state index contributed by atoms with van der Waals surface area (Å²) in [5.74, 6) is 0. The van der Waals surface area contributed by atoms with Crippen LogP contribution < -0.4 is 10.2 Å². The smallest absolute Gasteiger partial charge is 0.127 e. The fourth-order valence-corrected chi connectivity index (χ4v) is 1.80. The van der Waals surface area contributed by atoms with Crippen LogP contribution in [-0.4, -0.2) is 24.4 Å². The van der Waals surface area contributed by atoms with E-state index in [2.05, 4.69) is 50.3 Å². The lowest BCUT2D eigenvalue weighted by atomic mass is 10.1. The Bertz CT molecular complexity index is 534. The summed E-state index contributed by atoms with van der Waals surface area (Å²) >= 11 is 0. The highest BCUT2D eigenvalue weighted by molar-refractivity contribution is 5.61. The highest BCUT2D eigenvalue weighted by atomic mass is 16.6. The molecule has 1 heterocycles. The van der Waals surface area contributed by atoms with Crippen molar-refractivity contribution in [1.29, 1.82) is 0 Å². The van der Waals surface area contributed by atoms with Gasteiger partial charge in [0.2, 0.25) is 0 Å². The molecule has 5 nitrogen and oxygen atoms in total. The molecule has 96 valence electrons. The van der Waals surface area contributed by atoms with Gasteiger partial charge in [0.1, 0.15) is 11.4 Å². The molecule has 0 unspecified atom stereocenters. The van der Waals surface area contributed by atoms with Crippen LogP contribution in [0.2, 0.25) is 0 Å². The average molecular weight is 246 g/mol. The van der Waals surface area contributed by atoms with Gasteiger partial charge in [0.05, 0.1) is 6.54 Å². The largest absolute Gasteiger partial charge is 0.379 e. The van der Waals surface area contributed by atoms with Crippen LogP contribution in [0.4, 0.5) is 11.4 Å². The van der Waals surface area contributed by atoms with Crippen molar-refractivity contribution in [2.24, 2.45) is 0 Å². The van der Waals surface area contributed by atoms with Gasteiger partial charge in [0.25, 0.3) is 0 Å². The highest BCUT2D eigenvalue weighted by Crippen LogP contribution is 2.22. The Morgan fingerprint density at radius 1 is 1.22 bits per heavy atom. The molecular weight excluding hydrogens is 228 g/mol. The van der Waals surface area contributed by atoms with E-state index >= 15 is 0 Å². The Morgan fingerprint density at radius 3 is 2.61 bits per heavy atom. The van der Waals surface area contributed by atoms with Gasteiger partial charge in [-0.05, 0) is 31.5 Å². The van der Waals surface area contributed by atoms with Gasteiger partial charge in [0, 0.05) is 25.5 Å². The van der Waals surface area contributed by atoms with E-state index in [1.165, 1.54) is 11.3 Å². The van der Waals surface area contributed by atoms with Crippen LogP contribution in [0.1, 0.15) is 17.0 Å². The zero-order chi connectivity index (χ0) is 13.1. The zero-order valence-corrected chi connectivity index (χ0v) is 11.2. The number of benzene rings is 1. The van der Waals surface area contributed by atoms with E-state index in [1.807, 2.05) is 21.0 Å². The van der Waals surface area contributed by atoms with Gasteiger partial charge < -0.3 is 10.2 Å². The monoisotopic (exact) mass is 246 g/mol. The molecule has 18 heavy (non-hydrogen) atoms. The van der Waals surface area contributed by atoms with E-state index in [1.54, 1.807) is 0 Å². The van der Waals surface area contributed by atoms with Gasteiger partial charge in [-0.3, -0.25) is 0 Å². The standard InChI is InChI=1S/C13H18N4O/c1-9-5-6-11(7-13(9)17(3)4)14-8-12-10(2)15-18-16-12/h5-7,14H,8H2,1-4H3. The fraction of sp³-hybridized carbons (Fsp3) is 0.385. The van der Waals surface area contributed by atoms with Crippen molar-refractivity contribution in [1.82, 2.24) is 10.3 Å². The summed E-state index contributed by atoms with van der Waals surface area (Å²) < 4.78 is 4.67. The van der Waals surface area contributed by atoms with E-state index in [4.69, 9.17) is 0 Å². The summed E-state index contributed by atoms with van der Waals surface area (Å²) in [6.45, 7) is 4.60. The molecule has 1 aromatic carbocycles. The molecule has 0 aliphatic rings. The molecule has 2 rings (SSSR count). The van der Waals surface area contributed by atoms with Gasteiger partial charge in [-0.1, -0.05) is 16.4 Å². The lowest BCUT2D eigenvalue weighted by Crippen LogP contribution is -2.11. The minimum Gasteiger partial charge on any atom is -0.379 e. The van der Waals surface area contributed by atoms with Gasteiger partial charge in [-0.2, -0.15) is 0 Å². The molecule has 1 N–H and O–H groups in total. The first-order valence-corrected chi connectivity index (χ1v) is 5.88. The van der Waals surface area contributed by atoms with Crippen molar-refractivity contribution < 1.29 is 4.63 Å². The number of anilines is 2. The predicted octanol–water partition coefficient (Wildman–Crippen LogP) is 2.36. The Morgan fingerprint density at radius 2 is 2.00 bits per heavy atom. The van der Waals surface area contributed by atoms with Crippen molar-refractivity contribution >= 4 is 11.4 Å². The van der Waals surface area contributed by atoms with Gasteiger partial charge in [-0.15, -0.1) is 0 Å². The second-order valence-corrected chi connectivity index (χ2v) is 4.55. The van der Waals surface area contributed by atoms with Crippen molar-refractivity contribution in [3.8, 4) is 0 Å². The third-order valence-corrected chi connectivity index (χ3v) is 2.90. The fourth-order valence-electron chi connectivity index (χ4n) is 1.80. The Hall–Kier alpha value is -2.04. The molecule has 1 aromatic heterocycles. The second kappa shape index (κ2) is 5.08. The summed E-state index contributed by atoms with van der Waals surface area (Å²) in [5.41, 5.74) is 5.18. The third-order valence-electron chi connectivity index (χ3n) is 2.90. The van der Waals surface area contributed by atoms with E-state index in [0.717, 1.165) is 17.1 Å². The lowest BCUT2D eigenvalue weighted by Gasteiger charge is -2.17. The van der Waals surface area contributed by atoms with Crippen molar-refractivity contribution in [2.75, 3.05) is 24.3 Å². The maximum Gasteiger partial charge on any atom is 0.127 e. The number of hydrogen-bond acceptors (Lipinski definition) is 5. The van der Waals surface area contributed by atoms with Crippen molar-refractivity contribution in [2.45, 2.75) is 20.4 Å². The van der Waals surface area contributed by atoms with Crippen molar-refractivity contribution in [3.05, 3.63) is 35.2 Å². The molecule has 0 atom stereocenters.